The molecular weight excluding hydrogens is 276 g/mol. The zero-order valence-electron chi connectivity index (χ0n) is 13.1. The Hall–Kier alpha value is -1.68. The summed E-state index contributed by atoms with van der Waals surface area (Å²) in [5, 5.41) is 0. The largest absolute Gasteiger partial charge is 0.299 e. The third kappa shape index (κ3) is 3.55. The first kappa shape index (κ1) is 15.2. The van der Waals surface area contributed by atoms with Gasteiger partial charge in [0.2, 0.25) is 11.8 Å². The second-order valence-corrected chi connectivity index (χ2v) is 6.29. The summed E-state index contributed by atoms with van der Waals surface area (Å²) >= 11 is 0. The lowest BCUT2D eigenvalue weighted by molar-refractivity contribution is -0.138. The van der Waals surface area contributed by atoms with Gasteiger partial charge in [0.15, 0.2) is 0 Å². The molecule has 2 heterocycles. The van der Waals surface area contributed by atoms with Crippen LogP contribution in [0.15, 0.2) is 24.3 Å². The molecule has 4 heteroatoms. The van der Waals surface area contributed by atoms with Gasteiger partial charge in [0, 0.05) is 32.5 Å². The molecule has 2 amide bonds. The molecule has 0 aromatic heterocycles. The van der Waals surface area contributed by atoms with Gasteiger partial charge in [-0.05, 0) is 36.9 Å². The summed E-state index contributed by atoms with van der Waals surface area (Å²) in [4.78, 5) is 27.0. The quantitative estimate of drug-likeness (QED) is 0.598. The lowest BCUT2D eigenvalue weighted by Gasteiger charge is -2.28. The molecule has 118 valence electrons. The maximum Gasteiger partial charge on any atom is 0.229 e. The first-order valence-corrected chi connectivity index (χ1v) is 8.36. The second kappa shape index (κ2) is 7.05. The van der Waals surface area contributed by atoms with Gasteiger partial charge in [-0.25, -0.2) is 0 Å². The molecule has 0 unspecified atom stereocenters. The highest BCUT2D eigenvalue weighted by Crippen LogP contribution is 2.19. The number of carbonyl (C=O) groups is 2. The maximum atomic E-state index is 11.5. The SMILES string of the molecule is O=C1CCC(=O)N1CCCCCN1CCc2ccccc2C1. The molecule has 3 rings (SSSR count). The van der Waals surface area contributed by atoms with E-state index in [1.807, 2.05) is 0 Å². The molecule has 0 radical (unpaired) electrons. The number of amides is 2. The van der Waals surface area contributed by atoms with Gasteiger partial charge in [-0.2, -0.15) is 0 Å². The molecule has 0 aliphatic carbocycles. The summed E-state index contributed by atoms with van der Waals surface area (Å²) < 4.78 is 0. The van der Waals surface area contributed by atoms with Crippen molar-refractivity contribution in [3.05, 3.63) is 35.4 Å². The molecule has 2 aliphatic heterocycles. The number of likely N-dealkylation sites (tertiary alicyclic amines) is 1. The van der Waals surface area contributed by atoms with E-state index in [4.69, 9.17) is 0 Å². The van der Waals surface area contributed by atoms with Crippen molar-refractivity contribution in [3.8, 4) is 0 Å². The Bertz CT molecular complexity index is 540. The van der Waals surface area contributed by atoms with Crippen molar-refractivity contribution < 1.29 is 9.59 Å². The van der Waals surface area contributed by atoms with Crippen molar-refractivity contribution in [2.45, 2.75) is 45.1 Å². The summed E-state index contributed by atoms with van der Waals surface area (Å²) in [6.45, 7) is 3.91. The summed E-state index contributed by atoms with van der Waals surface area (Å²) in [5.74, 6) is 0.0234. The molecule has 0 bridgehead atoms. The predicted octanol–water partition coefficient (Wildman–Crippen LogP) is 2.36. The van der Waals surface area contributed by atoms with Gasteiger partial charge in [-0.1, -0.05) is 30.7 Å². The zero-order chi connectivity index (χ0) is 15.4. The minimum Gasteiger partial charge on any atom is -0.299 e. The van der Waals surface area contributed by atoms with Crippen molar-refractivity contribution in [2.75, 3.05) is 19.6 Å². The molecule has 0 N–H and O–H groups in total. The number of hydrogen-bond acceptors (Lipinski definition) is 3. The van der Waals surface area contributed by atoms with Gasteiger partial charge in [0.1, 0.15) is 0 Å². The molecule has 2 aliphatic rings. The first-order valence-electron chi connectivity index (χ1n) is 8.36. The van der Waals surface area contributed by atoms with Crippen LogP contribution in [0, 0.1) is 0 Å². The van der Waals surface area contributed by atoms with Gasteiger partial charge >= 0.3 is 0 Å². The summed E-state index contributed by atoms with van der Waals surface area (Å²) in [6, 6.07) is 8.70. The molecule has 1 fully saturated rings. The van der Waals surface area contributed by atoms with E-state index < -0.39 is 0 Å². The van der Waals surface area contributed by atoms with Crippen molar-refractivity contribution in [1.82, 2.24) is 9.80 Å². The van der Waals surface area contributed by atoms with Crippen molar-refractivity contribution in [1.29, 1.82) is 0 Å². The van der Waals surface area contributed by atoms with Crippen molar-refractivity contribution in [3.63, 3.8) is 0 Å². The van der Waals surface area contributed by atoms with Crippen LogP contribution >= 0.6 is 0 Å². The molecule has 4 nitrogen and oxygen atoms in total. The monoisotopic (exact) mass is 300 g/mol. The van der Waals surface area contributed by atoms with Crippen LogP contribution in [0.25, 0.3) is 0 Å². The Kier molecular flexibility index (Phi) is 4.88. The van der Waals surface area contributed by atoms with E-state index in [0.717, 1.165) is 45.3 Å². The number of nitrogens with zero attached hydrogens (tertiary/aromatic N) is 2. The fourth-order valence-electron chi connectivity index (χ4n) is 3.40. The number of benzene rings is 1. The molecule has 0 spiro atoms. The molecule has 1 aromatic carbocycles. The third-order valence-electron chi connectivity index (χ3n) is 4.72. The van der Waals surface area contributed by atoms with E-state index in [2.05, 4.69) is 29.2 Å². The van der Waals surface area contributed by atoms with Crippen LogP contribution in [0.1, 0.15) is 43.2 Å². The lowest BCUT2D eigenvalue weighted by Crippen LogP contribution is -2.32. The van der Waals surface area contributed by atoms with E-state index >= 15 is 0 Å². The van der Waals surface area contributed by atoms with E-state index in [0.29, 0.717) is 19.4 Å². The highest BCUT2D eigenvalue weighted by molar-refractivity contribution is 6.01. The number of fused-ring (bicyclic) bond motifs is 1. The Morgan fingerprint density at radius 2 is 1.50 bits per heavy atom. The fourth-order valence-corrected chi connectivity index (χ4v) is 3.40. The summed E-state index contributed by atoms with van der Waals surface area (Å²) in [7, 11) is 0. The average Bonchev–Trinajstić information content (AvgIpc) is 2.86. The normalized spacial score (nSPS) is 18.8. The Labute approximate surface area is 132 Å². The van der Waals surface area contributed by atoms with Crippen LogP contribution in [-0.4, -0.2) is 41.2 Å². The molecule has 1 saturated heterocycles. The molecule has 0 saturated carbocycles. The van der Waals surface area contributed by atoms with E-state index in [1.54, 1.807) is 0 Å². The lowest BCUT2D eigenvalue weighted by atomic mass is 10.00. The topological polar surface area (TPSA) is 40.6 Å². The smallest absolute Gasteiger partial charge is 0.229 e. The Morgan fingerprint density at radius 1 is 0.818 bits per heavy atom. The van der Waals surface area contributed by atoms with Crippen molar-refractivity contribution >= 4 is 11.8 Å². The van der Waals surface area contributed by atoms with E-state index in [9.17, 15) is 9.59 Å². The van der Waals surface area contributed by atoms with Crippen LogP contribution in [0.4, 0.5) is 0 Å². The minimum atomic E-state index is 0.0117. The fraction of sp³-hybridized carbons (Fsp3) is 0.556. The summed E-state index contributed by atoms with van der Waals surface area (Å²) in [6.07, 6.45) is 5.11. The first-order chi connectivity index (χ1) is 10.7. The predicted molar refractivity (Wildman–Crippen MR) is 85.2 cm³/mol. The number of hydrogen-bond donors (Lipinski definition) is 0. The number of rotatable bonds is 6. The third-order valence-corrected chi connectivity index (χ3v) is 4.72. The van der Waals surface area contributed by atoms with Gasteiger partial charge in [0.05, 0.1) is 0 Å². The maximum absolute atomic E-state index is 11.5. The van der Waals surface area contributed by atoms with Gasteiger partial charge in [-0.3, -0.25) is 19.4 Å². The zero-order valence-corrected chi connectivity index (χ0v) is 13.1. The Morgan fingerprint density at radius 3 is 2.27 bits per heavy atom. The summed E-state index contributed by atoms with van der Waals surface area (Å²) in [5.41, 5.74) is 2.95. The highest BCUT2D eigenvalue weighted by Gasteiger charge is 2.27. The molecule has 1 aromatic rings. The standard InChI is InChI=1S/C18H24N2O2/c21-17-8-9-18(22)20(17)12-5-1-4-11-19-13-10-15-6-2-3-7-16(15)14-19/h2-3,6-7H,1,4-5,8-14H2. The number of unbranched alkanes of at least 4 members (excludes halogenated alkanes) is 2. The minimum absolute atomic E-state index is 0.0117. The average molecular weight is 300 g/mol. The van der Waals surface area contributed by atoms with Crippen LogP contribution in [0.2, 0.25) is 0 Å². The molecule has 0 atom stereocenters. The van der Waals surface area contributed by atoms with Gasteiger partial charge < -0.3 is 0 Å². The number of carbonyl (C=O) groups excluding carboxylic acids is 2. The van der Waals surface area contributed by atoms with Crippen LogP contribution in [-0.2, 0) is 22.6 Å². The second-order valence-electron chi connectivity index (χ2n) is 6.29. The van der Waals surface area contributed by atoms with Crippen LogP contribution in [0.3, 0.4) is 0 Å². The van der Waals surface area contributed by atoms with E-state index in [1.165, 1.54) is 16.0 Å². The molecule has 22 heavy (non-hydrogen) atoms. The number of imide groups is 1. The van der Waals surface area contributed by atoms with Crippen LogP contribution in [0.5, 0.6) is 0 Å². The van der Waals surface area contributed by atoms with Gasteiger partial charge in [-0.15, -0.1) is 0 Å². The van der Waals surface area contributed by atoms with Crippen LogP contribution < -0.4 is 0 Å². The highest BCUT2D eigenvalue weighted by atomic mass is 16.2. The molecular formula is C18H24N2O2. The van der Waals surface area contributed by atoms with E-state index in [-0.39, 0.29) is 11.8 Å². The van der Waals surface area contributed by atoms with Gasteiger partial charge in [0.25, 0.3) is 0 Å². The Balaban J connectivity index is 1.34. The van der Waals surface area contributed by atoms with Crippen molar-refractivity contribution in [2.24, 2.45) is 0 Å².